The van der Waals surface area contributed by atoms with Gasteiger partial charge in [0.05, 0.1) is 12.2 Å². The van der Waals surface area contributed by atoms with Gasteiger partial charge in [0.25, 0.3) is 5.91 Å². The van der Waals surface area contributed by atoms with Crippen LogP contribution in [0, 0.1) is 0 Å². The number of ether oxygens (including phenoxy) is 1. The van der Waals surface area contributed by atoms with Crippen molar-refractivity contribution in [3.63, 3.8) is 0 Å². The molecule has 0 spiro atoms. The number of hydrogen-bond donors (Lipinski definition) is 1. The molecular weight excluding hydrogens is 372 g/mol. The Bertz CT molecular complexity index is 1020. The van der Waals surface area contributed by atoms with Crippen LogP contribution < -0.4 is 10.1 Å². The molecule has 1 atom stereocenters. The third-order valence-electron chi connectivity index (χ3n) is 5.67. The second kappa shape index (κ2) is 8.62. The van der Waals surface area contributed by atoms with Gasteiger partial charge in [0.15, 0.2) is 0 Å². The van der Waals surface area contributed by atoms with Gasteiger partial charge >= 0.3 is 0 Å². The van der Waals surface area contributed by atoms with Crippen molar-refractivity contribution in [2.75, 3.05) is 18.5 Å². The Morgan fingerprint density at radius 3 is 2.53 bits per heavy atom. The van der Waals surface area contributed by atoms with Gasteiger partial charge in [0.2, 0.25) is 0 Å². The van der Waals surface area contributed by atoms with E-state index in [-0.39, 0.29) is 5.91 Å². The molecule has 1 aliphatic heterocycles. The van der Waals surface area contributed by atoms with Gasteiger partial charge in [0, 0.05) is 24.2 Å². The van der Waals surface area contributed by atoms with E-state index in [2.05, 4.69) is 37.4 Å². The minimum Gasteiger partial charge on any atom is -0.493 e. The molecule has 3 aromatic rings. The first-order valence-electron chi connectivity index (χ1n) is 10.6. The number of carbonyl (C=O) groups is 1. The van der Waals surface area contributed by atoms with E-state index >= 15 is 0 Å². The number of rotatable bonds is 7. The predicted molar refractivity (Wildman–Crippen MR) is 121 cm³/mol. The third kappa shape index (κ3) is 3.90. The van der Waals surface area contributed by atoms with Gasteiger partial charge < -0.3 is 15.0 Å². The summed E-state index contributed by atoms with van der Waals surface area (Å²) in [7, 11) is 0. The van der Waals surface area contributed by atoms with Crippen LogP contribution in [0.25, 0.3) is 0 Å². The minimum absolute atomic E-state index is 0.0594. The molecule has 0 aromatic heterocycles. The summed E-state index contributed by atoms with van der Waals surface area (Å²) in [6.07, 6.45) is 1.74. The predicted octanol–water partition coefficient (Wildman–Crippen LogP) is 5.46. The smallest absolute Gasteiger partial charge is 0.258 e. The van der Waals surface area contributed by atoms with E-state index < -0.39 is 5.66 Å². The molecule has 1 unspecified atom stereocenters. The minimum atomic E-state index is -0.639. The van der Waals surface area contributed by atoms with Gasteiger partial charge in [-0.2, -0.15) is 0 Å². The van der Waals surface area contributed by atoms with E-state index in [1.807, 2.05) is 65.6 Å². The molecule has 1 aliphatic rings. The highest BCUT2D eigenvalue weighted by molar-refractivity contribution is 6.02. The fourth-order valence-corrected chi connectivity index (χ4v) is 4.05. The standard InChI is InChI=1S/C26H28N2O2/c1-3-17-28-25(29)23-14-7-8-15-24(23)27-26(28,2)21-12-9-13-22(19-21)30-18-16-20-10-5-4-6-11-20/h4-15,19,27H,3,16-18H2,1-2H3. The summed E-state index contributed by atoms with van der Waals surface area (Å²) < 4.78 is 6.05. The van der Waals surface area contributed by atoms with Crippen LogP contribution in [0.15, 0.2) is 78.9 Å². The highest BCUT2D eigenvalue weighted by Crippen LogP contribution is 2.38. The maximum absolute atomic E-state index is 13.3. The Hall–Kier alpha value is -3.27. The van der Waals surface area contributed by atoms with Gasteiger partial charge in [-0.05, 0) is 43.2 Å². The molecule has 1 heterocycles. The van der Waals surface area contributed by atoms with E-state index in [1.54, 1.807) is 0 Å². The van der Waals surface area contributed by atoms with E-state index in [0.29, 0.717) is 13.2 Å². The highest BCUT2D eigenvalue weighted by Gasteiger charge is 2.42. The van der Waals surface area contributed by atoms with Crippen LogP contribution in [0.3, 0.4) is 0 Å². The van der Waals surface area contributed by atoms with Crippen molar-refractivity contribution in [3.8, 4) is 5.75 Å². The lowest BCUT2D eigenvalue weighted by atomic mass is 9.93. The van der Waals surface area contributed by atoms with Crippen LogP contribution in [-0.4, -0.2) is 24.0 Å². The Kier molecular flexibility index (Phi) is 5.75. The van der Waals surface area contributed by atoms with Crippen LogP contribution in [-0.2, 0) is 12.1 Å². The van der Waals surface area contributed by atoms with Crippen LogP contribution in [0.4, 0.5) is 5.69 Å². The Balaban J connectivity index is 1.58. The van der Waals surface area contributed by atoms with Crippen LogP contribution >= 0.6 is 0 Å². The fraction of sp³-hybridized carbons (Fsp3) is 0.269. The summed E-state index contributed by atoms with van der Waals surface area (Å²) in [5, 5.41) is 3.61. The molecule has 0 aliphatic carbocycles. The average molecular weight is 401 g/mol. The van der Waals surface area contributed by atoms with Crippen molar-refractivity contribution in [1.29, 1.82) is 0 Å². The van der Waals surface area contributed by atoms with E-state index in [9.17, 15) is 4.79 Å². The summed E-state index contributed by atoms with van der Waals surface area (Å²) in [5.74, 6) is 0.873. The number of anilines is 1. The van der Waals surface area contributed by atoms with E-state index in [4.69, 9.17) is 4.74 Å². The SMILES string of the molecule is CCCN1C(=O)c2ccccc2NC1(C)c1cccc(OCCc2ccccc2)c1. The number of amides is 1. The summed E-state index contributed by atoms with van der Waals surface area (Å²) in [6, 6.07) is 26.1. The van der Waals surface area contributed by atoms with Crippen molar-refractivity contribution in [1.82, 2.24) is 4.90 Å². The topological polar surface area (TPSA) is 41.6 Å². The summed E-state index contributed by atoms with van der Waals surface area (Å²) in [5.41, 5.74) is 3.22. The molecule has 1 N–H and O–H groups in total. The molecule has 1 amide bonds. The number of hydrogen-bond acceptors (Lipinski definition) is 3. The summed E-state index contributed by atoms with van der Waals surface area (Å²) >= 11 is 0. The maximum atomic E-state index is 13.3. The number of carbonyl (C=O) groups excluding carboxylic acids is 1. The lowest BCUT2D eigenvalue weighted by molar-refractivity contribution is 0.0535. The molecule has 3 aromatic carbocycles. The lowest BCUT2D eigenvalue weighted by Gasteiger charge is -2.46. The number of nitrogens with zero attached hydrogens (tertiary/aromatic N) is 1. The molecule has 4 rings (SSSR count). The number of fused-ring (bicyclic) bond motifs is 1. The first-order valence-corrected chi connectivity index (χ1v) is 10.6. The van der Waals surface area contributed by atoms with Crippen LogP contribution in [0.5, 0.6) is 5.75 Å². The molecule has 0 saturated carbocycles. The molecule has 30 heavy (non-hydrogen) atoms. The second-order valence-electron chi connectivity index (χ2n) is 7.81. The van der Waals surface area contributed by atoms with Crippen molar-refractivity contribution < 1.29 is 9.53 Å². The number of nitrogens with one attached hydrogen (secondary N) is 1. The first-order chi connectivity index (χ1) is 14.6. The van der Waals surface area contributed by atoms with E-state index in [1.165, 1.54) is 5.56 Å². The lowest BCUT2D eigenvalue weighted by Crippen LogP contribution is -2.56. The van der Waals surface area contributed by atoms with E-state index in [0.717, 1.165) is 35.4 Å². The van der Waals surface area contributed by atoms with Crippen LogP contribution in [0.1, 0.15) is 41.8 Å². The van der Waals surface area contributed by atoms with Crippen molar-refractivity contribution in [2.24, 2.45) is 0 Å². The highest BCUT2D eigenvalue weighted by atomic mass is 16.5. The van der Waals surface area contributed by atoms with Gasteiger partial charge in [-0.3, -0.25) is 4.79 Å². The van der Waals surface area contributed by atoms with Gasteiger partial charge in [-0.25, -0.2) is 0 Å². The van der Waals surface area contributed by atoms with Gasteiger partial charge in [0.1, 0.15) is 11.4 Å². The summed E-state index contributed by atoms with van der Waals surface area (Å²) in [4.78, 5) is 15.2. The zero-order valence-corrected chi connectivity index (χ0v) is 17.6. The average Bonchev–Trinajstić information content (AvgIpc) is 2.78. The zero-order chi connectivity index (χ0) is 21.0. The maximum Gasteiger partial charge on any atom is 0.258 e. The summed E-state index contributed by atoms with van der Waals surface area (Å²) in [6.45, 7) is 5.45. The molecule has 4 nitrogen and oxygen atoms in total. The number of benzene rings is 3. The molecule has 0 fully saturated rings. The normalized spacial score (nSPS) is 17.9. The Labute approximate surface area is 178 Å². The van der Waals surface area contributed by atoms with Crippen molar-refractivity contribution in [3.05, 3.63) is 95.6 Å². The molecular formula is C26H28N2O2. The largest absolute Gasteiger partial charge is 0.493 e. The fourth-order valence-electron chi connectivity index (χ4n) is 4.05. The van der Waals surface area contributed by atoms with Gasteiger partial charge in [-0.15, -0.1) is 0 Å². The Morgan fingerprint density at radius 1 is 0.967 bits per heavy atom. The molecule has 0 radical (unpaired) electrons. The quantitative estimate of drug-likeness (QED) is 0.573. The van der Waals surface area contributed by atoms with Crippen molar-refractivity contribution in [2.45, 2.75) is 32.4 Å². The molecule has 4 heteroatoms. The molecule has 0 bridgehead atoms. The van der Waals surface area contributed by atoms with Gasteiger partial charge in [-0.1, -0.05) is 61.5 Å². The third-order valence-corrected chi connectivity index (χ3v) is 5.67. The Morgan fingerprint density at radius 2 is 1.73 bits per heavy atom. The second-order valence-corrected chi connectivity index (χ2v) is 7.81. The first kappa shape index (κ1) is 20.0. The monoisotopic (exact) mass is 400 g/mol. The zero-order valence-electron chi connectivity index (χ0n) is 17.6. The molecule has 154 valence electrons. The number of para-hydroxylation sites is 1. The van der Waals surface area contributed by atoms with Crippen molar-refractivity contribution >= 4 is 11.6 Å². The van der Waals surface area contributed by atoms with Crippen LogP contribution in [0.2, 0.25) is 0 Å². The molecule has 0 saturated heterocycles.